The topological polar surface area (TPSA) is 50.9 Å². The van der Waals surface area contributed by atoms with Crippen LogP contribution in [0.1, 0.15) is 11.1 Å². The van der Waals surface area contributed by atoms with Gasteiger partial charge in [-0.15, -0.1) is 12.4 Å². The van der Waals surface area contributed by atoms with Gasteiger partial charge in [0.2, 0.25) is 0 Å². The van der Waals surface area contributed by atoms with Gasteiger partial charge in [-0.1, -0.05) is 15.9 Å². The molecule has 0 radical (unpaired) electrons. The third kappa shape index (κ3) is 2.29. The van der Waals surface area contributed by atoms with Crippen molar-refractivity contribution >= 4 is 45.1 Å². The molecule has 0 unspecified atom stereocenters. The molecule has 1 aromatic heterocycles. The van der Waals surface area contributed by atoms with Crippen LogP contribution in [-0.4, -0.2) is 4.98 Å². The van der Waals surface area contributed by atoms with Crippen LogP contribution in [0.25, 0.3) is 10.9 Å². The van der Waals surface area contributed by atoms with Crippen LogP contribution >= 0.6 is 28.3 Å². The molecule has 2 aromatic rings. The van der Waals surface area contributed by atoms with Crippen molar-refractivity contribution in [2.75, 3.05) is 5.43 Å². The predicted molar refractivity (Wildman–Crippen MR) is 74.0 cm³/mol. The van der Waals surface area contributed by atoms with Gasteiger partial charge in [0, 0.05) is 9.86 Å². The SMILES string of the molecule is Cc1cc(NN)nc2c(C)cc(Br)cc12.Cl. The molecule has 0 saturated carbocycles. The van der Waals surface area contributed by atoms with Crippen LogP contribution in [0.3, 0.4) is 0 Å². The largest absolute Gasteiger partial charge is 0.308 e. The standard InChI is InChI=1S/C11H12BrN3.ClH/c1-6-4-10(15-13)14-11-7(2)3-8(12)5-9(6)11;/h3-5H,13H2,1-2H3,(H,14,15);1H. The lowest BCUT2D eigenvalue weighted by atomic mass is 10.1. The van der Waals surface area contributed by atoms with E-state index in [0.29, 0.717) is 5.82 Å². The molecule has 0 aliphatic carbocycles. The number of aryl methyl sites for hydroxylation is 2. The monoisotopic (exact) mass is 301 g/mol. The first kappa shape index (κ1) is 13.2. The minimum atomic E-state index is 0. The van der Waals surface area contributed by atoms with Crippen molar-refractivity contribution in [1.29, 1.82) is 0 Å². The van der Waals surface area contributed by atoms with Gasteiger partial charge in [0.1, 0.15) is 5.82 Å². The van der Waals surface area contributed by atoms with Crippen molar-refractivity contribution in [2.24, 2.45) is 5.84 Å². The number of nitrogen functional groups attached to an aromatic ring is 1. The Morgan fingerprint density at radius 2 is 1.88 bits per heavy atom. The number of pyridine rings is 1. The van der Waals surface area contributed by atoms with E-state index >= 15 is 0 Å². The van der Waals surface area contributed by atoms with Crippen molar-refractivity contribution in [3.63, 3.8) is 0 Å². The van der Waals surface area contributed by atoms with E-state index < -0.39 is 0 Å². The number of hydrogen-bond acceptors (Lipinski definition) is 3. The molecule has 0 spiro atoms. The van der Waals surface area contributed by atoms with Crippen LogP contribution in [-0.2, 0) is 0 Å². The number of nitrogens with one attached hydrogen (secondary N) is 1. The number of anilines is 1. The van der Waals surface area contributed by atoms with E-state index in [0.717, 1.165) is 26.5 Å². The molecule has 3 N–H and O–H groups in total. The number of fused-ring (bicyclic) bond motifs is 1. The Morgan fingerprint density at radius 1 is 1.19 bits per heavy atom. The van der Waals surface area contributed by atoms with Crippen LogP contribution in [0.5, 0.6) is 0 Å². The lowest BCUT2D eigenvalue weighted by molar-refractivity contribution is 1.24. The van der Waals surface area contributed by atoms with E-state index in [9.17, 15) is 0 Å². The Labute approximate surface area is 109 Å². The Morgan fingerprint density at radius 3 is 2.50 bits per heavy atom. The molecular formula is C11H13BrClN3. The van der Waals surface area contributed by atoms with E-state index in [1.165, 1.54) is 0 Å². The maximum Gasteiger partial charge on any atom is 0.140 e. The molecule has 1 aromatic carbocycles. The van der Waals surface area contributed by atoms with Crippen molar-refractivity contribution in [3.05, 3.63) is 33.8 Å². The third-order valence-electron chi connectivity index (χ3n) is 2.42. The fraction of sp³-hybridized carbons (Fsp3) is 0.182. The van der Waals surface area contributed by atoms with Crippen molar-refractivity contribution in [1.82, 2.24) is 4.98 Å². The number of nitrogens with two attached hydrogens (primary N) is 1. The zero-order chi connectivity index (χ0) is 11.0. The van der Waals surface area contributed by atoms with Gasteiger partial charge in [-0.05, 0) is 43.2 Å². The van der Waals surface area contributed by atoms with E-state index in [-0.39, 0.29) is 12.4 Å². The van der Waals surface area contributed by atoms with Crippen LogP contribution in [0.15, 0.2) is 22.7 Å². The maximum absolute atomic E-state index is 5.37. The minimum Gasteiger partial charge on any atom is -0.308 e. The van der Waals surface area contributed by atoms with Crippen molar-refractivity contribution in [2.45, 2.75) is 13.8 Å². The van der Waals surface area contributed by atoms with Gasteiger partial charge in [0.15, 0.2) is 0 Å². The normalized spacial score (nSPS) is 10.0. The number of halogens is 2. The highest BCUT2D eigenvalue weighted by Gasteiger charge is 2.05. The summed E-state index contributed by atoms with van der Waals surface area (Å²) >= 11 is 3.48. The summed E-state index contributed by atoms with van der Waals surface area (Å²) in [6.07, 6.45) is 0. The van der Waals surface area contributed by atoms with Crippen molar-refractivity contribution < 1.29 is 0 Å². The molecule has 0 fully saturated rings. The number of aromatic nitrogens is 1. The molecular weight excluding hydrogens is 289 g/mol. The fourth-order valence-electron chi connectivity index (χ4n) is 1.69. The Bertz CT molecular complexity index is 528. The predicted octanol–water partition coefficient (Wildman–Crippen LogP) is 3.32. The van der Waals surface area contributed by atoms with Gasteiger partial charge < -0.3 is 5.43 Å². The Balaban J connectivity index is 0.00000128. The number of benzene rings is 1. The zero-order valence-electron chi connectivity index (χ0n) is 9.04. The third-order valence-corrected chi connectivity index (χ3v) is 2.88. The van der Waals surface area contributed by atoms with E-state index in [2.05, 4.69) is 45.4 Å². The molecule has 0 amide bonds. The summed E-state index contributed by atoms with van der Waals surface area (Å²) in [6, 6.07) is 6.06. The number of hydrazine groups is 1. The number of hydrogen-bond donors (Lipinski definition) is 2. The van der Waals surface area contributed by atoms with Gasteiger partial charge >= 0.3 is 0 Å². The minimum absolute atomic E-state index is 0. The van der Waals surface area contributed by atoms with E-state index in [1.807, 2.05) is 13.0 Å². The van der Waals surface area contributed by atoms with Gasteiger partial charge in [0.25, 0.3) is 0 Å². The molecule has 3 nitrogen and oxygen atoms in total. The second kappa shape index (κ2) is 4.99. The second-order valence-electron chi connectivity index (χ2n) is 3.59. The van der Waals surface area contributed by atoms with E-state index in [4.69, 9.17) is 5.84 Å². The van der Waals surface area contributed by atoms with Gasteiger partial charge in [-0.3, -0.25) is 0 Å². The smallest absolute Gasteiger partial charge is 0.140 e. The molecule has 0 atom stereocenters. The highest BCUT2D eigenvalue weighted by Crippen LogP contribution is 2.26. The first-order valence-corrected chi connectivity index (χ1v) is 5.45. The van der Waals surface area contributed by atoms with Crippen LogP contribution in [0.2, 0.25) is 0 Å². The molecule has 0 aliphatic heterocycles. The maximum atomic E-state index is 5.37. The molecule has 16 heavy (non-hydrogen) atoms. The fourth-order valence-corrected chi connectivity index (χ4v) is 2.27. The van der Waals surface area contributed by atoms with Gasteiger partial charge in [0.05, 0.1) is 5.52 Å². The van der Waals surface area contributed by atoms with E-state index in [1.54, 1.807) is 0 Å². The highest BCUT2D eigenvalue weighted by atomic mass is 79.9. The zero-order valence-corrected chi connectivity index (χ0v) is 11.4. The average molecular weight is 303 g/mol. The lowest BCUT2D eigenvalue weighted by Crippen LogP contribution is -2.09. The quantitative estimate of drug-likeness (QED) is 0.627. The molecule has 1 heterocycles. The Kier molecular flexibility index (Phi) is 4.13. The summed E-state index contributed by atoms with van der Waals surface area (Å²) in [6.45, 7) is 4.09. The van der Waals surface area contributed by atoms with Crippen LogP contribution in [0, 0.1) is 13.8 Å². The Hall–Kier alpha value is -0.840. The molecule has 2 rings (SSSR count). The lowest BCUT2D eigenvalue weighted by Gasteiger charge is -2.08. The molecule has 0 saturated heterocycles. The number of rotatable bonds is 1. The highest BCUT2D eigenvalue weighted by molar-refractivity contribution is 9.10. The van der Waals surface area contributed by atoms with Crippen molar-refractivity contribution in [3.8, 4) is 0 Å². The number of nitrogens with zero attached hydrogens (tertiary/aromatic N) is 1. The molecule has 0 aliphatic rings. The summed E-state index contributed by atoms with van der Waals surface area (Å²) in [5.41, 5.74) is 5.87. The van der Waals surface area contributed by atoms with Crippen LogP contribution < -0.4 is 11.3 Å². The summed E-state index contributed by atoms with van der Waals surface area (Å²) in [5, 5.41) is 1.15. The summed E-state index contributed by atoms with van der Waals surface area (Å²) in [5.74, 6) is 6.07. The first-order valence-electron chi connectivity index (χ1n) is 4.66. The van der Waals surface area contributed by atoms with Gasteiger partial charge in [-0.2, -0.15) is 0 Å². The first-order chi connectivity index (χ1) is 7.11. The van der Waals surface area contributed by atoms with Crippen LogP contribution in [0.4, 0.5) is 5.82 Å². The molecule has 5 heteroatoms. The molecule has 0 bridgehead atoms. The second-order valence-corrected chi connectivity index (χ2v) is 4.50. The summed E-state index contributed by atoms with van der Waals surface area (Å²) in [7, 11) is 0. The summed E-state index contributed by atoms with van der Waals surface area (Å²) < 4.78 is 1.07. The average Bonchev–Trinajstić information content (AvgIpc) is 2.19. The van der Waals surface area contributed by atoms with Gasteiger partial charge in [-0.25, -0.2) is 10.8 Å². The molecule has 86 valence electrons. The summed E-state index contributed by atoms with van der Waals surface area (Å²) in [4.78, 5) is 4.44.